The number of carbonyl (C=O) groups is 1. The molecule has 1 amide bonds. The van der Waals surface area contributed by atoms with Crippen molar-refractivity contribution in [3.63, 3.8) is 0 Å². The fraction of sp³-hybridized carbons (Fsp3) is 0.471. The van der Waals surface area contributed by atoms with E-state index < -0.39 is 0 Å². The third-order valence-electron chi connectivity index (χ3n) is 4.30. The molecular weight excluding hydrogens is 327 g/mol. The van der Waals surface area contributed by atoms with Crippen LogP contribution in [0.25, 0.3) is 0 Å². The summed E-state index contributed by atoms with van der Waals surface area (Å²) < 4.78 is 14.9. The standard InChI is InChI=1S/C17H21FN4OS/c1-22-16(12-5-3-2-4-6-12)20-21-17(22)24-11-15(23)19-14-9-7-13(18)8-10-14/h7-10,12H,2-6,11H2,1H3,(H,19,23). The molecule has 0 aliphatic heterocycles. The van der Waals surface area contributed by atoms with Gasteiger partial charge in [-0.25, -0.2) is 4.39 Å². The monoisotopic (exact) mass is 348 g/mol. The van der Waals surface area contributed by atoms with Crippen molar-refractivity contribution in [2.45, 2.75) is 43.2 Å². The van der Waals surface area contributed by atoms with Crippen LogP contribution in [0.5, 0.6) is 0 Å². The van der Waals surface area contributed by atoms with Gasteiger partial charge in [0.1, 0.15) is 11.6 Å². The Morgan fingerprint density at radius 2 is 1.96 bits per heavy atom. The normalized spacial score (nSPS) is 15.4. The lowest BCUT2D eigenvalue weighted by Gasteiger charge is -2.20. The van der Waals surface area contributed by atoms with E-state index in [2.05, 4.69) is 15.5 Å². The minimum absolute atomic E-state index is 0.145. The predicted octanol–water partition coefficient (Wildman–Crippen LogP) is 3.73. The van der Waals surface area contributed by atoms with E-state index in [1.165, 1.54) is 56.0 Å². The van der Waals surface area contributed by atoms with Gasteiger partial charge in [-0.1, -0.05) is 31.0 Å². The molecule has 2 aromatic rings. The lowest BCUT2D eigenvalue weighted by molar-refractivity contribution is -0.113. The molecule has 24 heavy (non-hydrogen) atoms. The molecule has 0 unspecified atom stereocenters. The predicted molar refractivity (Wildman–Crippen MR) is 92.6 cm³/mol. The van der Waals surface area contributed by atoms with Gasteiger partial charge in [0, 0.05) is 18.7 Å². The number of carbonyl (C=O) groups excluding carboxylic acids is 1. The molecule has 7 heteroatoms. The summed E-state index contributed by atoms with van der Waals surface area (Å²) in [5.74, 6) is 1.29. The van der Waals surface area contributed by atoms with Gasteiger partial charge < -0.3 is 9.88 Å². The van der Waals surface area contributed by atoms with Crippen LogP contribution in [0, 0.1) is 5.82 Å². The molecule has 0 saturated heterocycles. The maximum absolute atomic E-state index is 12.9. The van der Waals surface area contributed by atoms with Crippen molar-refractivity contribution < 1.29 is 9.18 Å². The molecule has 128 valence electrons. The highest BCUT2D eigenvalue weighted by Gasteiger charge is 2.22. The zero-order chi connectivity index (χ0) is 16.9. The van der Waals surface area contributed by atoms with Crippen LogP contribution in [0.2, 0.25) is 0 Å². The van der Waals surface area contributed by atoms with Gasteiger partial charge in [-0.3, -0.25) is 4.79 Å². The van der Waals surface area contributed by atoms with E-state index in [0.717, 1.165) is 11.0 Å². The molecule has 0 spiro atoms. The summed E-state index contributed by atoms with van der Waals surface area (Å²) in [6, 6.07) is 5.73. The molecular formula is C17H21FN4OS. The van der Waals surface area contributed by atoms with E-state index in [1.54, 1.807) is 12.1 Å². The van der Waals surface area contributed by atoms with Crippen molar-refractivity contribution in [2.75, 3.05) is 11.1 Å². The Morgan fingerprint density at radius 3 is 2.67 bits per heavy atom. The highest BCUT2D eigenvalue weighted by molar-refractivity contribution is 7.99. The Balaban J connectivity index is 1.55. The van der Waals surface area contributed by atoms with Crippen LogP contribution >= 0.6 is 11.8 Å². The van der Waals surface area contributed by atoms with Crippen LogP contribution in [-0.4, -0.2) is 26.4 Å². The number of nitrogens with zero attached hydrogens (tertiary/aromatic N) is 3. The second kappa shape index (κ2) is 7.79. The van der Waals surface area contributed by atoms with Gasteiger partial charge in [-0.2, -0.15) is 0 Å². The first-order valence-electron chi connectivity index (χ1n) is 8.21. The highest BCUT2D eigenvalue weighted by atomic mass is 32.2. The summed E-state index contributed by atoms with van der Waals surface area (Å²) in [5, 5.41) is 12.1. The van der Waals surface area contributed by atoms with Gasteiger partial charge >= 0.3 is 0 Å². The molecule has 0 radical (unpaired) electrons. The number of anilines is 1. The van der Waals surface area contributed by atoms with Crippen molar-refractivity contribution in [3.05, 3.63) is 35.9 Å². The third-order valence-corrected chi connectivity index (χ3v) is 5.32. The van der Waals surface area contributed by atoms with Gasteiger partial charge in [0.25, 0.3) is 0 Å². The van der Waals surface area contributed by atoms with Crippen molar-refractivity contribution >= 4 is 23.4 Å². The Hall–Kier alpha value is -1.89. The fourth-order valence-corrected chi connectivity index (χ4v) is 3.75. The van der Waals surface area contributed by atoms with E-state index in [1.807, 2.05) is 11.6 Å². The molecule has 5 nitrogen and oxygen atoms in total. The lowest BCUT2D eigenvalue weighted by Crippen LogP contribution is -2.15. The number of thioether (sulfide) groups is 1. The van der Waals surface area contributed by atoms with Crippen LogP contribution in [0.3, 0.4) is 0 Å². The molecule has 0 bridgehead atoms. The summed E-state index contributed by atoms with van der Waals surface area (Å²) in [7, 11) is 1.96. The number of hydrogen-bond donors (Lipinski definition) is 1. The molecule has 1 aromatic heterocycles. The van der Waals surface area contributed by atoms with Crippen LogP contribution in [0.1, 0.15) is 43.8 Å². The summed E-state index contributed by atoms with van der Waals surface area (Å²) in [6.07, 6.45) is 6.14. The SMILES string of the molecule is Cn1c(SCC(=O)Nc2ccc(F)cc2)nnc1C1CCCCC1. The van der Waals surface area contributed by atoms with Crippen LogP contribution in [0.15, 0.2) is 29.4 Å². The number of halogens is 1. The van der Waals surface area contributed by atoms with E-state index in [-0.39, 0.29) is 17.5 Å². The first-order valence-corrected chi connectivity index (χ1v) is 9.19. The van der Waals surface area contributed by atoms with Crippen LogP contribution in [0.4, 0.5) is 10.1 Å². The van der Waals surface area contributed by atoms with Gasteiger partial charge in [-0.05, 0) is 37.1 Å². The molecule has 1 aliphatic carbocycles. The molecule has 1 saturated carbocycles. The van der Waals surface area contributed by atoms with E-state index in [4.69, 9.17) is 0 Å². The van der Waals surface area contributed by atoms with Crippen molar-refractivity contribution in [2.24, 2.45) is 7.05 Å². The maximum Gasteiger partial charge on any atom is 0.234 e. The largest absolute Gasteiger partial charge is 0.325 e. The molecule has 1 heterocycles. The van der Waals surface area contributed by atoms with E-state index >= 15 is 0 Å². The first kappa shape index (κ1) is 17.0. The van der Waals surface area contributed by atoms with Crippen molar-refractivity contribution in [3.8, 4) is 0 Å². The number of aromatic nitrogens is 3. The van der Waals surface area contributed by atoms with Gasteiger partial charge in [0.15, 0.2) is 5.16 Å². The number of hydrogen-bond acceptors (Lipinski definition) is 4. The van der Waals surface area contributed by atoms with Crippen molar-refractivity contribution in [1.82, 2.24) is 14.8 Å². The Kier molecular flexibility index (Phi) is 5.50. The number of nitrogens with one attached hydrogen (secondary N) is 1. The summed E-state index contributed by atoms with van der Waals surface area (Å²) in [4.78, 5) is 12.0. The fourth-order valence-electron chi connectivity index (χ4n) is 3.03. The molecule has 0 atom stereocenters. The minimum Gasteiger partial charge on any atom is -0.325 e. The maximum atomic E-state index is 12.9. The summed E-state index contributed by atoms with van der Waals surface area (Å²) in [6.45, 7) is 0. The van der Waals surface area contributed by atoms with Crippen LogP contribution < -0.4 is 5.32 Å². The topological polar surface area (TPSA) is 59.8 Å². The van der Waals surface area contributed by atoms with Gasteiger partial charge in [0.2, 0.25) is 5.91 Å². The molecule has 1 fully saturated rings. The summed E-state index contributed by atoms with van der Waals surface area (Å²) >= 11 is 1.37. The second-order valence-electron chi connectivity index (χ2n) is 6.08. The molecule has 3 rings (SSSR count). The molecule has 1 aromatic carbocycles. The average molecular weight is 348 g/mol. The minimum atomic E-state index is -0.322. The third kappa shape index (κ3) is 4.14. The zero-order valence-electron chi connectivity index (χ0n) is 13.7. The number of amides is 1. The van der Waals surface area contributed by atoms with Crippen LogP contribution in [-0.2, 0) is 11.8 Å². The quantitative estimate of drug-likeness (QED) is 0.837. The van der Waals surface area contributed by atoms with Gasteiger partial charge in [-0.15, -0.1) is 10.2 Å². The van der Waals surface area contributed by atoms with E-state index in [9.17, 15) is 9.18 Å². The zero-order valence-corrected chi connectivity index (χ0v) is 14.5. The Labute approximate surface area is 145 Å². The lowest BCUT2D eigenvalue weighted by atomic mass is 9.89. The van der Waals surface area contributed by atoms with Crippen molar-refractivity contribution in [1.29, 1.82) is 0 Å². The number of rotatable bonds is 5. The molecule has 1 aliphatic rings. The highest BCUT2D eigenvalue weighted by Crippen LogP contribution is 2.32. The van der Waals surface area contributed by atoms with E-state index in [0.29, 0.717) is 11.6 Å². The van der Waals surface area contributed by atoms with Gasteiger partial charge in [0.05, 0.1) is 5.75 Å². The average Bonchev–Trinajstić information content (AvgIpc) is 2.97. The summed E-state index contributed by atoms with van der Waals surface area (Å²) in [5.41, 5.74) is 0.586. The second-order valence-corrected chi connectivity index (χ2v) is 7.02. The number of benzene rings is 1. The Bertz CT molecular complexity index is 695. The smallest absolute Gasteiger partial charge is 0.234 e. The molecule has 1 N–H and O–H groups in total. The Morgan fingerprint density at radius 1 is 1.25 bits per heavy atom. The first-order chi connectivity index (χ1) is 11.6.